The molecule has 1 heterocycles. The lowest BCUT2D eigenvalue weighted by atomic mass is 10.1. The van der Waals surface area contributed by atoms with Gasteiger partial charge in [-0.1, -0.05) is 31.5 Å². The average molecular weight is 335 g/mol. The fourth-order valence-electron chi connectivity index (χ4n) is 2.38. The van der Waals surface area contributed by atoms with Gasteiger partial charge in [-0.3, -0.25) is 4.79 Å². The second kappa shape index (κ2) is 7.30. The van der Waals surface area contributed by atoms with Crippen LogP contribution in [0, 0.1) is 12.8 Å². The maximum atomic E-state index is 11.9. The van der Waals surface area contributed by atoms with E-state index in [1.807, 2.05) is 69.3 Å². The molecule has 1 aromatic heterocycles. The third-order valence-electron chi connectivity index (χ3n) is 4.15. The first-order valence-corrected chi connectivity index (χ1v) is 8.38. The number of rotatable bonds is 5. The molecule has 5 nitrogen and oxygen atoms in total. The minimum atomic E-state index is -0.00694. The fourth-order valence-corrected chi connectivity index (χ4v) is 2.38. The van der Waals surface area contributed by atoms with Crippen LogP contribution in [-0.4, -0.2) is 16.1 Å². The Balaban J connectivity index is 1.76. The van der Waals surface area contributed by atoms with Crippen LogP contribution in [0.4, 0.5) is 5.69 Å². The maximum Gasteiger partial charge on any atom is 0.248 e. The van der Waals surface area contributed by atoms with Crippen molar-refractivity contribution < 1.29 is 9.21 Å². The van der Waals surface area contributed by atoms with E-state index in [4.69, 9.17) is 4.42 Å². The zero-order valence-electron chi connectivity index (χ0n) is 14.6. The molecule has 1 unspecified atom stereocenters. The van der Waals surface area contributed by atoms with Gasteiger partial charge in [-0.15, -0.1) is 10.2 Å². The number of aromatic nitrogens is 2. The molecular weight excluding hydrogens is 314 g/mol. The summed E-state index contributed by atoms with van der Waals surface area (Å²) in [6.07, 6.45) is 0.813. The molecule has 0 aliphatic heterocycles. The van der Waals surface area contributed by atoms with Gasteiger partial charge in [0.25, 0.3) is 0 Å². The first-order chi connectivity index (χ1) is 12.1. The number of nitrogens with zero attached hydrogens (tertiary/aromatic N) is 2. The summed E-state index contributed by atoms with van der Waals surface area (Å²) in [5.74, 6) is 0.964. The van der Waals surface area contributed by atoms with Crippen LogP contribution in [0.5, 0.6) is 0 Å². The van der Waals surface area contributed by atoms with Crippen LogP contribution in [0.15, 0.2) is 52.9 Å². The lowest BCUT2D eigenvalue weighted by molar-refractivity contribution is -0.119. The zero-order valence-corrected chi connectivity index (χ0v) is 14.6. The van der Waals surface area contributed by atoms with Gasteiger partial charge in [-0.2, -0.15) is 0 Å². The Labute approximate surface area is 147 Å². The van der Waals surface area contributed by atoms with Crippen LogP contribution in [0.25, 0.3) is 22.9 Å². The fraction of sp³-hybridized carbons (Fsp3) is 0.250. The predicted octanol–water partition coefficient (Wildman–Crippen LogP) is 4.70. The summed E-state index contributed by atoms with van der Waals surface area (Å²) in [5, 5.41) is 11.1. The van der Waals surface area contributed by atoms with E-state index >= 15 is 0 Å². The largest absolute Gasteiger partial charge is 0.416 e. The number of nitrogens with one attached hydrogen (secondary N) is 1. The highest BCUT2D eigenvalue weighted by Crippen LogP contribution is 2.25. The van der Waals surface area contributed by atoms with Crippen LogP contribution in [0.2, 0.25) is 0 Å². The van der Waals surface area contributed by atoms with Gasteiger partial charge in [0.15, 0.2) is 0 Å². The number of aryl methyl sites for hydroxylation is 1. The Bertz CT molecular complexity index is 869. The standard InChI is InChI=1S/C20H21N3O2/c1-4-14(3)18(24)21-17-10-8-15(9-11-17)19-22-23-20(25-19)16-7-5-6-13(2)12-16/h5-12,14H,4H2,1-3H3,(H,21,24). The lowest BCUT2D eigenvalue weighted by Gasteiger charge is -2.09. The number of anilines is 1. The number of hydrogen-bond acceptors (Lipinski definition) is 4. The summed E-state index contributed by atoms with van der Waals surface area (Å²) in [7, 11) is 0. The molecule has 0 saturated heterocycles. The molecule has 2 aromatic carbocycles. The first-order valence-electron chi connectivity index (χ1n) is 8.38. The second-order valence-corrected chi connectivity index (χ2v) is 6.16. The number of carbonyl (C=O) groups excluding carboxylic acids is 1. The predicted molar refractivity (Wildman–Crippen MR) is 98.0 cm³/mol. The van der Waals surface area contributed by atoms with Gasteiger partial charge < -0.3 is 9.73 Å². The van der Waals surface area contributed by atoms with Crippen LogP contribution in [-0.2, 0) is 4.79 Å². The lowest BCUT2D eigenvalue weighted by Crippen LogP contribution is -2.19. The number of benzene rings is 2. The Kier molecular flexibility index (Phi) is 4.93. The van der Waals surface area contributed by atoms with E-state index in [2.05, 4.69) is 15.5 Å². The van der Waals surface area contributed by atoms with Crippen LogP contribution >= 0.6 is 0 Å². The van der Waals surface area contributed by atoms with Crippen molar-refractivity contribution in [3.63, 3.8) is 0 Å². The maximum absolute atomic E-state index is 11.9. The summed E-state index contributed by atoms with van der Waals surface area (Å²) in [6, 6.07) is 15.3. The molecule has 1 atom stereocenters. The van der Waals surface area contributed by atoms with Crippen LogP contribution < -0.4 is 5.32 Å². The third-order valence-corrected chi connectivity index (χ3v) is 4.15. The van der Waals surface area contributed by atoms with Crippen molar-refractivity contribution in [1.82, 2.24) is 10.2 Å². The van der Waals surface area contributed by atoms with Crippen LogP contribution in [0.3, 0.4) is 0 Å². The normalized spacial score (nSPS) is 12.0. The molecule has 25 heavy (non-hydrogen) atoms. The highest BCUT2D eigenvalue weighted by Gasteiger charge is 2.12. The van der Waals surface area contributed by atoms with E-state index in [-0.39, 0.29) is 11.8 Å². The van der Waals surface area contributed by atoms with Gasteiger partial charge in [0.1, 0.15) is 0 Å². The summed E-state index contributed by atoms with van der Waals surface area (Å²) in [4.78, 5) is 11.9. The highest BCUT2D eigenvalue weighted by atomic mass is 16.4. The van der Waals surface area contributed by atoms with Crippen molar-refractivity contribution in [1.29, 1.82) is 0 Å². The minimum absolute atomic E-state index is 0.00694. The van der Waals surface area contributed by atoms with Crippen molar-refractivity contribution in [2.24, 2.45) is 5.92 Å². The Hall–Kier alpha value is -2.95. The monoisotopic (exact) mass is 335 g/mol. The van der Waals surface area contributed by atoms with Crippen molar-refractivity contribution >= 4 is 11.6 Å². The summed E-state index contributed by atoms with van der Waals surface area (Å²) < 4.78 is 5.78. The average Bonchev–Trinajstić information content (AvgIpc) is 3.11. The van der Waals surface area contributed by atoms with E-state index in [1.54, 1.807) is 0 Å². The molecule has 3 rings (SSSR count). The highest BCUT2D eigenvalue weighted by molar-refractivity contribution is 5.92. The number of amides is 1. The van der Waals surface area contributed by atoms with E-state index in [1.165, 1.54) is 0 Å². The molecule has 1 amide bonds. The zero-order chi connectivity index (χ0) is 17.8. The number of carbonyl (C=O) groups is 1. The van der Waals surface area contributed by atoms with Crippen molar-refractivity contribution in [2.45, 2.75) is 27.2 Å². The summed E-state index contributed by atoms with van der Waals surface area (Å²) >= 11 is 0. The molecule has 5 heteroatoms. The molecule has 128 valence electrons. The Morgan fingerprint density at radius 3 is 2.40 bits per heavy atom. The van der Waals surface area contributed by atoms with Crippen LogP contribution in [0.1, 0.15) is 25.8 Å². The molecule has 3 aromatic rings. The second-order valence-electron chi connectivity index (χ2n) is 6.16. The van der Waals surface area contributed by atoms with E-state index < -0.39 is 0 Å². The van der Waals surface area contributed by atoms with Gasteiger partial charge in [0.2, 0.25) is 17.7 Å². The minimum Gasteiger partial charge on any atom is -0.416 e. The van der Waals surface area contributed by atoms with E-state index in [0.717, 1.165) is 28.8 Å². The van der Waals surface area contributed by atoms with Gasteiger partial charge >= 0.3 is 0 Å². The summed E-state index contributed by atoms with van der Waals surface area (Å²) in [5.41, 5.74) is 3.61. The van der Waals surface area contributed by atoms with Gasteiger partial charge in [0.05, 0.1) is 0 Å². The molecule has 0 saturated carbocycles. The molecule has 0 spiro atoms. The SMILES string of the molecule is CCC(C)C(=O)Nc1ccc(-c2nnc(-c3cccc(C)c3)o2)cc1. The van der Waals surface area contributed by atoms with E-state index in [9.17, 15) is 4.79 Å². The molecule has 0 aliphatic rings. The molecule has 0 bridgehead atoms. The topological polar surface area (TPSA) is 68.0 Å². The molecule has 1 N–H and O–H groups in total. The summed E-state index contributed by atoms with van der Waals surface area (Å²) in [6.45, 7) is 5.93. The first kappa shape index (κ1) is 16.9. The molecule has 0 fully saturated rings. The number of hydrogen-bond donors (Lipinski definition) is 1. The molecule has 0 aliphatic carbocycles. The smallest absolute Gasteiger partial charge is 0.248 e. The van der Waals surface area contributed by atoms with Gasteiger partial charge in [-0.05, 0) is 49.7 Å². The Morgan fingerprint density at radius 2 is 1.76 bits per heavy atom. The third kappa shape index (κ3) is 3.94. The van der Waals surface area contributed by atoms with Crippen molar-refractivity contribution in [3.05, 3.63) is 54.1 Å². The molecule has 0 radical (unpaired) electrons. The van der Waals surface area contributed by atoms with E-state index in [0.29, 0.717) is 11.8 Å². The Morgan fingerprint density at radius 1 is 1.08 bits per heavy atom. The van der Waals surface area contributed by atoms with Gasteiger partial charge in [0, 0.05) is 22.7 Å². The van der Waals surface area contributed by atoms with Crippen molar-refractivity contribution in [3.8, 4) is 22.9 Å². The molecular formula is C20H21N3O2. The quantitative estimate of drug-likeness (QED) is 0.734. The van der Waals surface area contributed by atoms with Crippen molar-refractivity contribution in [2.75, 3.05) is 5.32 Å². The van der Waals surface area contributed by atoms with Gasteiger partial charge in [-0.25, -0.2) is 0 Å².